The lowest BCUT2D eigenvalue weighted by Gasteiger charge is -2.22. The summed E-state index contributed by atoms with van der Waals surface area (Å²) in [5.41, 5.74) is -0.711. The van der Waals surface area contributed by atoms with E-state index in [0.29, 0.717) is 12.1 Å². The van der Waals surface area contributed by atoms with E-state index in [9.17, 15) is 19.7 Å². The number of nitro benzene ring substituents is 1. The van der Waals surface area contributed by atoms with Crippen molar-refractivity contribution in [3.05, 3.63) is 39.9 Å². The Labute approximate surface area is 122 Å². The highest BCUT2D eigenvalue weighted by Crippen LogP contribution is 2.30. The maximum absolute atomic E-state index is 12.5. The molecule has 1 N–H and O–H groups in total. The first-order chi connectivity index (χ1) is 9.75. The van der Waals surface area contributed by atoms with Crippen LogP contribution in [0, 0.1) is 16.0 Å². The summed E-state index contributed by atoms with van der Waals surface area (Å²) in [7, 11) is 0. The van der Waals surface area contributed by atoms with Gasteiger partial charge in [0.1, 0.15) is 5.54 Å². The predicted molar refractivity (Wildman–Crippen MR) is 75.5 cm³/mol. The Morgan fingerprint density at radius 1 is 1.29 bits per heavy atom. The Hall–Kier alpha value is -2.44. The molecule has 0 aliphatic carbocycles. The molecule has 0 unspecified atom stereocenters. The fourth-order valence-electron chi connectivity index (χ4n) is 2.34. The molecule has 3 amide bonds. The highest BCUT2D eigenvalue weighted by Gasteiger charge is 2.48. The van der Waals surface area contributed by atoms with Gasteiger partial charge in [0.05, 0.1) is 4.92 Å². The maximum atomic E-state index is 12.5. The topological polar surface area (TPSA) is 92.6 Å². The summed E-state index contributed by atoms with van der Waals surface area (Å²) in [6.45, 7) is 5.78. The molecule has 2 rings (SSSR count). The number of carbonyl (C=O) groups excluding carboxylic acids is 2. The minimum Gasteiger partial charge on any atom is -0.319 e. The first-order valence-corrected chi connectivity index (χ1v) is 6.64. The quantitative estimate of drug-likeness (QED) is 0.522. The van der Waals surface area contributed by atoms with Gasteiger partial charge in [0.2, 0.25) is 0 Å². The van der Waals surface area contributed by atoms with Crippen molar-refractivity contribution in [1.82, 2.24) is 10.2 Å². The summed E-state index contributed by atoms with van der Waals surface area (Å²) in [6, 6.07) is 5.20. The van der Waals surface area contributed by atoms with Crippen molar-refractivity contribution in [3.63, 3.8) is 0 Å². The first-order valence-electron chi connectivity index (χ1n) is 6.64. The van der Waals surface area contributed by atoms with Crippen LogP contribution in [0.15, 0.2) is 24.3 Å². The minimum atomic E-state index is -1.18. The third-order valence-corrected chi connectivity index (χ3v) is 3.48. The predicted octanol–water partition coefficient (Wildman–Crippen LogP) is 2.02. The number of hydrogen-bond donors (Lipinski definition) is 1. The highest BCUT2D eigenvalue weighted by molar-refractivity contribution is 6.07. The Kier molecular flexibility index (Phi) is 3.67. The van der Waals surface area contributed by atoms with Crippen LogP contribution in [0.1, 0.15) is 26.3 Å². The molecule has 1 atom stereocenters. The molecule has 0 bridgehead atoms. The van der Waals surface area contributed by atoms with Gasteiger partial charge in [-0.2, -0.15) is 0 Å². The van der Waals surface area contributed by atoms with Crippen LogP contribution in [0.5, 0.6) is 0 Å². The monoisotopic (exact) mass is 291 g/mol. The lowest BCUT2D eigenvalue weighted by atomic mass is 9.92. The average Bonchev–Trinajstić information content (AvgIpc) is 2.63. The Morgan fingerprint density at radius 3 is 2.33 bits per heavy atom. The highest BCUT2D eigenvalue weighted by atomic mass is 16.6. The number of hydrogen-bond acceptors (Lipinski definition) is 4. The summed E-state index contributed by atoms with van der Waals surface area (Å²) in [6.07, 6.45) is 0. The lowest BCUT2D eigenvalue weighted by molar-refractivity contribution is -0.384. The lowest BCUT2D eigenvalue weighted by Crippen LogP contribution is -2.41. The number of amides is 3. The zero-order valence-corrected chi connectivity index (χ0v) is 12.1. The van der Waals surface area contributed by atoms with Gasteiger partial charge in [-0.25, -0.2) is 4.79 Å². The summed E-state index contributed by atoms with van der Waals surface area (Å²) in [4.78, 5) is 35.8. The molecule has 1 heterocycles. The van der Waals surface area contributed by atoms with Crippen LogP contribution in [-0.2, 0) is 10.3 Å². The second kappa shape index (κ2) is 5.16. The van der Waals surface area contributed by atoms with Gasteiger partial charge in [0.25, 0.3) is 11.6 Å². The van der Waals surface area contributed by atoms with Crippen molar-refractivity contribution in [1.29, 1.82) is 0 Å². The molecule has 21 heavy (non-hydrogen) atoms. The molecule has 0 aromatic heterocycles. The summed E-state index contributed by atoms with van der Waals surface area (Å²) in [5, 5.41) is 13.3. The van der Waals surface area contributed by atoms with E-state index in [1.165, 1.54) is 29.2 Å². The molecule has 0 saturated carbocycles. The SMILES string of the molecule is CC(C)CN1C(=O)N[C@](C)(c2ccc([N+](=O)[O-])cc2)C1=O. The van der Waals surface area contributed by atoms with Crippen molar-refractivity contribution in [2.75, 3.05) is 6.54 Å². The maximum Gasteiger partial charge on any atom is 0.325 e. The Morgan fingerprint density at radius 2 is 1.86 bits per heavy atom. The molecule has 0 spiro atoms. The number of nitro groups is 1. The second-order valence-electron chi connectivity index (χ2n) is 5.67. The molecule has 0 radical (unpaired) electrons. The van der Waals surface area contributed by atoms with Gasteiger partial charge in [-0.15, -0.1) is 0 Å². The van der Waals surface area contributed by atoms with Crippen molar-refractivity contribution in [2.24, 2.45) is 5.92 Å². The Balaban J connectivity index is 2.32. The van der Waals surface area contributed by atoms with Crippen molar-refractivity contribution in [2.45, 2.75) is 26.3 Å². The molecule has 1 saturated heterocycles. The standard InChI is InChI=1S/C14H17N3O4/c1-9(2)8-16-12(18)14(3,15-13(16)19)10-4-6-11(7-5-10)17(20)21/h4-7,9H,8H2,1-3H3,(H,15,19)/t14-/m1/s1. The number of nitrogens with one attached hydrogen (secondary N) is 1. The van der Waals surface area contributed by atoms with E-state index in [4.69, 9.17) is 0 Å². The third kappa shape index (κ3) is 2.58. The van der Waals surface area contributed by atoms with Crippen molar-refractivity contribution < 1.29 is 14.5 Å². The van der Waals surface area contributed by atoms with E-state index in [0.717, 1.165) is 0 Å². The molecule has 7 heteroatoms. The molecule has 7 nitrogen and oxygen atoms in total. The smallest absolute Gasteiger partial charge is 0.319 e. The number of nitrogens with zero attached hydrogens (tertiary/aromatic N) is 2. The van der Waals surface area contributed by atoms with Gasteiger partial charge in [-0.3, -0.25) is 19.8 Å². The molecular formula is C14H17N3O4. The first kappa shape index (κ1) is 15.0. The van der Waals surface area contributed by atoms with Crippen LogP contribution >= 0.6 is 0 Å². The van der Waals surface area contributed by atoms with Gasteiger partial charge >= 0.3 is 6.03 Å². The average molecular weight is 291 g/mol. The van der Waals surface area contributed by atoms with Gasteiger partial charge in [0.15, 0.2) is 0 Å². The van der Waals surface area contributed by atoms with Gasteiger partial charge in [-0.1, -0.05) is 13.8 Å². The van der Waals surface area contributed by atoms with E-state index in [2.05, 4.69) is 5.32 Å². The summed E-state index contributed by atoms with van der Waals surface area (Å²) < 4.78 is 0. The molecule has 1 aromatic carbocycles. The van der Waals surface area contributed by atoms with Crippen LogP contribution in [0.25, 0.3) is 0 Å². The summed E-state index contributed by atoms with van der Waals surface area (Å²) in [5.74, 6) is -0.172. The largest absolute Gasteiger partial charge is 0.325 e. The number of imide groups is 1. The second-order valence-corrected chi connectivity index (χ2v) is 5.67. The molecule has 1 aliphatic rings. The molecule has 1 aromatic rings. The molecule has 1 fully saturated rings. The van der Waals surface area contributed by atoms with Crippen molar-refractivity contribution >= 4 is 17.6 Å². The number of urea groups is 1. The van der Waals surface area contributed by atoms with Gasteiger partial charge < -0.3 is 5.32 Å². The van der Waals surface area contributed by atoms with Crippen LogP contribution in [0.3, 0.4) is 0 Å². The Bertz CT molecular complexity index is 597. The molecule has 1 aliphatic heterocycles. The number of non-ortho nitro benzene ring substituents is 1. The zero-order valence-electron chi connectivity index (χ0n) is 12.1. The van der Waals surface area contributed by atoms with E-state index in [1.54, 1.807) is 6.92 Å². The molecular weight excluding hydrogens is 274 g/mol. The third-order valence-electron chi connectivity index (χ3n) is 3.48. The van der Waals surface area contributed by atoms with E-state index in [-0.39, 0.29) is 17.5 Å². The number of benzene rings is 1. The van der Waals surface area contributed by atoms with Gasteiger partial charge in [-0.05, 0) is 30.5 Å². The number of carbonyl (C=O) groups is 2. The van der Waals surface area contributed by atoms with Crippen LogP contribution in [0.4, 0.5) is 10.5 Å². The van der Waals surface area contributed by atoms with Crippen LogP contribution in [0.2, 0.25) is 0 Å². The van der Waals surface area contributed by atoms with Crippen LogP contribution < -0.4 is 5.32 Å². The van der Waals surface area contributed by atoms with Crippen LogP contribution in [-0.4, -0.2) is 28.3 Å². The fraction of sp³-hybridized carbons (Fsp3) is 0.429. The zero-order chi connectivity index (χ0) is 15.8. The van der Waals surface area contributed by atoms with E-state index >= 15 is 0 Å². The summed E-state index contributed by atoms with van der Waals surface area (Å²) >= 11 is 0. The fourth-order valence-corrected chi connectivity index (χ4v) is 2.34. The number of rotatable bonds is 4. The van der Waals surface area contributed by atoms with Gasteiger partial charge in [0, 0.05) is 18.7 Å². The van der Waals surface area contributed by atoms with Crippen molar-refractivity contribution in [3.8, 4) is 0 Å². The minimum absolute atomic E-state index is 0.0573. The van der Waals surface area contributed by atoms with E-state index < -0.39 is 16.5 Å². The molecule has 112 valence electrons. The normalized spacial score (nSPS) is 21.8. The van der Waals surface area contributed by atoms with E-state index in [1.807, 2.05) is 13.8 Å².